The van der Waals surface area contributed by atoms with Crippen LogP contribution in [-0.2, 0) is 4.79 Å². The van der Waals surface area contributed by atoms with Crippen molar-refractivity contribution in [2.24, 2.45) is 0 Å². The Labute approximate surface area is 183 Å². The van der Waals surface area contributed by atoms with Crippen LogP contribution >= 0.6 is 0 Å². The van der Waals surface area contributed by atoms with Crippen LogP contribution in [0.3, 0.4) is 0 Å². The standard InChI is InChI=1S/C24H23F2N5O/c1-2-23(32)29-15-4-5-16(12-15)31-22(13-28-30-31)14-3-6-17(20(25)11-14)18-7-8-21-19(24(18)26)9-10-27-21/h3,6-11,13,15-16,27H,2,4-5,12H2,1H3,(H,29,32)/t15-,16+/m0/s1. The van der Waals surface area contributed by atoms with Crippen LogP contribution in [0.25, 0.3) is 33.3 Å². The van der Waals surface area contributed by atoms with Crippen molar-refractivity contribution < 1.29 is 13.6 Å². The molecular weight excluding hydrogens is 412 g/mol. The van der Waals surface area contributed by atoms with Gasteiger partial charge in [0.2, 0.25) is 5.91 Å². The highest BCUT2D eigenvalue weighted by Gasteiger charge is 2.29. The number of hydrogen-bond donors (Lipinski definition) is 2. The molecule has 1 aliphatic carbocycles. The fourth-order valence-electron chi connectivity index (χ4n) is 4.56. The van der Waals surface area contributed by atoms with Crippen molar-refractivity contribution in [1.29, 1.82) is 0 Å². The van der Waals surface area contributed by atoms with Crippen LogP contribution < -0.4 is 5.32 Å². The summed E-state index contributed by atoms with van der Waals surface area (Å²) in [4.78, 5) is 14.7. The zero-order valence-electron chi connectivity index (χ0n) is 17.6. The van der Waals surface area contributed by atoms with Crippen molar-refractivity contribution in [3.8, 4) is 22.4 Å². The van der Waals surface area contributed by atoms with Crippen LogP contribution in [0.5, 0.6) is 0 Å². The Hall–Kier alpha value is -3.55. The minimum atomic E-state index is -0.511. The van der Waals surface area contributed by atoms with E-state index in [1.54, 1.807) is 47.4 Å². The quantitative estimate of drug-likeness (QED) is 0.464. The second-order valence-corrected chi connectivity index (χ2v) is 8.21. The van der Waals surface area contributed by atoms with E-state index in [0.717, 1.165) is 19.3 Å². The first kappa shape index (κ1) is 20.4. The largest absolute Gasteiger partial charge is 0.361 e. The van der Waals surface area contributed by atoms with Gasteiger partial charge >= 0.3 is 0 Å². The summed E-state index contributed by atoms with van der Waals surface area (Å²) in [6, 6.07) is 9.91. The van der Waals surface area contributed by atoms with Crippen LogP contribution in [0.2, 0.25) is 0 Å². The minimum Gasteiger partial charge on any atom is -0.361 e. The molecule has 1 saturated carbocycles. The van der Waals surface area contributed by atoms with Crippen molar-refractivity contribution in [3.63, 3.8) is 0 Å². The molecule has 0 aliphatic heterocycles. The second kappa shape index (κ2) is 8.18. The zero-order valence-corrected chi connectivity index (χ0v) is 17.6. The van der Waals surface area contributed by atoms with Gasteiger partial charge in [0, 0.05) is 46.3 Å². The topological polar surface area (TPSA) is 75.6 Å². The number of hydrogen-bond acceptors (Lipinski definition) is 3. The molecule has 2 heterocycles. The molecule has 6 nitrogen and oxygen atoms in total. The van der Waals surface area contributed by atoms with Crippen LogP contribution in [-0.4, -0.2) is 31.9 Å². The third-order valence-electron chi connectivity index (χ3n) is 6.24. The first-order chi connectivity index (χ1) is 15.5. The molecule has 1 fully saturated rings. The lowest BCUT2D eigenvalue weighted by molar-refractivity contribution is -0.121. The van der Waals surface area contributed by atoms with Gasteiger partial charge in [0.25, 0.3) is 0 Å². The fraction of sp³-hybridized carbons (Fsp3) is 0.292. The van der Waals surface area contributed by atoms with Crippen LogP contribution in [0, 0.1) is 11.6 Å². The van der Waals surface area contributed by atoms with Crippen LogP contribution in [0.15, 0.2) is 48.8 Å². The number of halogens is 2. The summed E-state index contributed by atoms with van der Waals surface area (Å²) in [5, 5.41) is 11.7. The summed E-state index contributed by atoms with van der Waals surface area (Å²) in [7, 11) is 0. The predicted octanol–water partition coefficient (Wildman–Crippen LogP) is 4.99. The minimum absolute atomic E-state index is 0.0391. The number of carbonyl (C=O) groups is 1. The van der Waals surface area contributed by atoms with E-state index in [-0.39, 0.29) is 29.1 Å². The molecule has 0 bridgehead atoms. The Morgan fingerprint density at radius 2 is 2.03 bits per heavy atom. The number of nitrogens with one attached hydrogen (secondary N) is 2. The van der Waals surface area contributed by atoms with Gasteiger partial charge in [-0.15, -0.1) is 5.10 Å². The molecule has 0 spiro atoms. The summed E-state index contributed by atoms with van der Waals surface area (Å²) in [6.45, 7) is 1.83. The lowest BCUT2D eigenvalue weighted by atomic mass is 10.00. The zero-order chi connectivity index (χ0) is 22.2. The van der Waals surface area contributed by atoms with Crippen molar-refractivity contribution in [2.75, 3.05) is 0 Å². The smallest absolute Gasteiger partial charge is 0.219 e. The van der Waals surface area contributed by atoms with Gasteiger partial charge in [-0.05, 0) is 43.5 Å². The molecular formula is C24H23F2N5O. The molecule has 5 rings (SSSR count). The molecule has 8 heteroatoms. The number of benzene rings is 2. The lowest BCUT2D eigenvalue weighted by Gasteiger charge is -2.15. The van der Waals surface area contributed by atoms with E-state index in [9.17, 15) is 9.18 Å². The van der Waals surface area contributed by atoms with E-state index < -0.39 is 11.6 Å². The summed E-state index contributed by atoms with van der Waals surface area (Å²) >= 11 is 0. The summed E-state index contributed by atoms with van der Waals surface area (Å²) in [6.07, 6.45) is 6.20. The van der Waals surface area contributed by atoms with Crippen molar-refractivity contribution in [3.05, 3.63) is 60.4 Å². The third kappa shape index (κ3) is 3.55. The Balaban J connectivity index is 1.43. The van der Waals surface area contributed by atoms with Gasteiger partial charge in [-0.2, -0.15) is 0 Å². The summed E-state index contributed by atoms with van der Waals surface area (Å²) < 4.78 is 31.8. The molecule has 1 aliphatic rings. The van der Waals surface area contributed by atoms with E-state index >= 15 is 4.39 Å². The first-order valence-electron chi connectivity index (χ1n) is 10.8. The van der Waals surface area contributed by atoms with Gasteiger partial charge < -0.3 is 10.3 Å². The van der Waals surface area contributed by atoms with Gasteiger partial charge in [0.15, 0.2) is 0 Å². The Bertz CT molecular complexity index is 1290. The van der Waals surface area contributed by atoms with Crippen LogP contribution in [0.4, 0.5) is 8.78 Å². The van der Waals surface area contributed by atoms with Gasteiger partial charge in [0.1, 0.15) is 11.6 Å². The Morgan fingerprint density at radius 3 is 2.84 bits per heavy atom. The maximum absolute atomic E-state index is 15.1. The lowest BCUT2D eigenvalue weighted by Crippen LogP contribution is -2.32. The second-order valence-electron chi connectivity index (χ2n) is 8.21. The molecule has 0 radical (unpaired) electrons. The molecule has 4 aromatic rings. The van der Waals surface area contributed by atoms with Gasteiger partial charge in [0.05, 0.1) is 17.9 Å². The normalized spacial score (nSPS) is 18.3. The number of H-pyrrole nitrogens is 1. The van der Waals surface area contributed by atoms with E-state index in [0.29, 0.717) is 28.6 Å². The number of carbonyl (C=O) groups excluding carboxylic acids is 1. The number of amides is 1. The number of nitrogens with zero attached hydrogens (tertiary/aromatic N) is 3. The molecule has 2 aromatic carbocycles. The van der Waals surface area contributed by atoms with Crippen LogP contribution in [0.1, 0.15) is 38.6 Å². The molecule has 2 aromatic heterocycles. The Kier molecular flexibility index (Phi) is 5.20. The van der Waals surface area contributed by atoms with E-state index in [1.807, 2.05) is 6.92 Å². The molecule has 32 heavy (non-hydrogen) atoms. The average Bonchev–Trinajstić information content (AvgIpc) is 3.54. The van der Waals surface area contributed by atoms with E-state index in [2.05, 4.69) is 20.6 Å². The third-order valence-corrected chi connectivity index (χ3v) is 6.24. The predicted molar refractivity (Wildman–Crippen MR) is 118 cm³/mol. The molecule has 164 valence electrons. The molecule has 1 amide bonds. The highest BCUT2D eigenvalue weighted by Crippen LogP contribution is 2.35. The summed E-state index contributed by atoms with van der Waals surface area (Å²) in [5.41, 5.74) is 2.42. The Morgan fingerprint density at radius 1 is 1.19 bits per heavy atom. The molecule has 0 unspecified atom stereocenters. The van der Waals surface area contributed by atoms with Gasteiger partial charge in [-0.3, -0.25) is 4.79 Å². The average molecular weight is 435 g/mol. The molecule has 2 N–H and O–H groups in total. The highest BCUT2D eigenvalue weighted by atomic mass is 19.1. The number of aromatic nitrogens is 4. The van der Waals surface area contributed by atoms with Crippen molar-refractivity contribution in [1.82, 2.24) is 25.3 Å². The maximum Gasteiger partial charge on any atom is 0.219 e. The van der Waals surface area contributed by atoms with Crippen molar-refractivity contribution >= 4 is 16.8 Å². The highest BCUT2D eigenvalue weighted by molar-refractivity contribution is 5.86. The van der Waals surface area contributed by atoms with E-state index in [1.165, 1.54) is 6.07 Å². The fourth-order valence-corrected chi connectivity index (χ4v) is 4.56. The van der Waals surface area contributed by atoms with Gasteiger partial charge in [-0.25, -0.2) is 13.5 Å². The van der Waals surface area contributed by atoms with E-state index in [4.69, 9.17) is 0 Å². The number of fused-ring (bicyclic) bond motifs is 1. The molecule has 2 atom stereocenters. The number of rotatable bonds is 5. The number of aromatic amines is 1. The summed E-state index contributed by atoms with van der Waals surface area (Å²) in [5.74, 6) is -0.922. The molecule has 0 saturated heterocycles. The SMILES string of the molecule is CCC(=O)N[C@H]1CC[C@@H](n2nncc2-c2ccc(-c3ccc4[nH]ccc4c3F)c(F)c2)C1. The van der Waals surface area contributed by atoms with Crippen molar-refractivity contribution in [2.45, 2.75) is 44.7 Å². The van der Waals surface area contributed by atoms with Gasteiger partial charge in [-0.1, -0.05) is 24.3 Å². The maximum atomic E-state index is 15.1. The monoisotopic (exact) mass is 435 g/mol. The first-order valence-corrected chi connectivity index (χ1v) is 10.8.